The summed E-state index contributed by atoms with van der Waals surface area (Å²) < 4.78 is 6.88. The predicted octanol–water partition coefficient (Wildman–Crippen LogP) is 2.43. The zero-order valence-corrected chi connectivity index (χ0v) is 15.3. The van der Waals surface area contributed by atoms with Gasteiger partial charge in [0, 0.05) is 28.9 Å². The molecule has 0 N–H and O–H groups in total. The number of carbonyl (C=O) groups is 1. The third-order valence-corrected chi connectivity index (χ3v) is 6.04. The summed E-state index contributed by atoms with van der Waals surface area (Å²) in [6.45, 7) is 3.60. The van der Waals surface area contributed by atoms with E-state index in [1.807, 2.05) is 29.8 Å². The topological polar surface area (TPSA) is 64.4 Å². The number of thiophene rings is 2. The van der Waals surface area contributed by atoms with Crippen molar-refractivity contribution in [3.05, 3.63) is 39.6 Å². The fourth-order valence-electron chi connectivity index (χ4n) is 2.98. The number of ether oxygens (including phenoxy) is 1. The standard InChI is InChI=1S/C17H17N3O3S2/c1-11-7-19(4-5-23-11)14(21)8-20-10-18-16-15(17(20)22)12(9-25-16)13-3-2-6-24-13/h2-3,6,9-11H,4-5,7-8H2,1H3/t11-/m0/s1. The van der Waals surface area contributed by atoms with E-state index in [0.717, 1.165) is 10.4 Å². The molecule has 3 aromatic heterocycles. The van der Waals surface area contributed by atoms with Crippen molar-refractivity contribution < 1.29 is 9.53 Å². The Morgan fingerprint density at radius 3 is 3.08 bits per heavy atom. The number of fused-ring (bicyclic) bond motifs is 1. The largest absolute Gasteiger partial charge is 0.375 e. The number of rotatable bonds is 3. The van der Waals surface area contributed by atoms with Crippen molar-refractivity contribution in [3.63, 3.8) is 0 Å². The highest BCUT2D eigenvalue weighted by Crippen LogP contribution is 2.33. The summed E-state index contributed by atoms with van der Waals surface area (Å²) in [5, 5.41) is 4.54. The Hall–Kier alpha value is -2.03. The fraction of sp³-hybridized carbons (Fsp3) is 0.353. The number of morpholine rings is 1. The Balaban J connectivity index is 1.66. The number of aromatic nitrogens is 2. The summed E-state index contributed by atoms with van der Waals surface area (Å²) in [5.74, 6) is -0.0775. The highest BCUT2D eigenvalue weighted by atomic mass is 32.1. The van der Waals surface area contributed by atoms with Gasteiger partial charge < -0.3 is 9.64 Å². The van der Waals surface area contributed by atoms with Gasteiger partial charge in [-0.25, -0.2) is 4.98 Å². The van der Waals surface area contributed by atoms with Crippen LogP contribution in [0.1, 0.15) is 6.92 Å². The second-order valence-electron chi connectivity index (χ2n) is 6.01. The highest BCUT2D eigenvalue weighted by molar-refractivity contribution is 7.18. The molecule has 25 heavy (non-hydrogen) atoms. The van der Waals surface area contributed by atoms with Crippen molar-refractivity contribution in [2.45, 2.75) is 19.6 Å². The molecule has 0 radical (unpaired) electrons. The molecule has 0 spiro atoms. The molecular weight excluding hydrogens is 358 g/mol. The number of carbonyl (C=O) groups excluding carboxylic acids is 1. The molecule has 6 nitrogen and oxygen atoms in total. The molecular formula is C17H17N3O3S2. The highest BCUT2D eigenvalue weighted by Gasteiger charge is 2.22. The first-order chi connectivity index (χ1) is 12.1. The molecule has 0 aromatic carbocycles. The van der Waals surface area contributed by atoms with E-state index in [2.05, 4.69) is 4.98 Å². The first-order valence-electron chi connectivity index (χ1n) is 8.03. The predicted molar refractivity (Wildman–Crippen MR) is 99.2 cm³/mol. The van der Waals surface area contributed by atoms with Crippen LogP contribution in [0, 0.1) is 0 Å². The van der Waals surface area contributed by atoms with Crippen LogP contribution in [0.3, 0.4) is 0 Å². The monoisotopic (exact) mass is 375 g/mol. The number of amides is 1. The van der Waals surface area contributed by atoms with E-state index in [1.165, 1.54) is 22.2 Å². The van der Waals surface area contributed by atoms with Crippen LogP contribution >= 0.6 is 22.7 Å². The van der Waals surface area contributed by atoms with E-state index in [1.54, 1.807) is 16.2 Å². The molecule has 4 rings (SSSR count). The van der Waals surface area contributed by atoms with Crippen molar-refractivity contribution in [2.75, 3.05) is 19.7 Å². The third kappa shape index (κ3) is 3.12. The van der Waals surface area contributed by atoms with Crippen LogP contribution in [0.2, 0.25) is 0 Å². The lowest BCUT2D eigenvalue weighted by atomic mass is 10.2. The van der Waals surface area contributed by atoms with Gasteiger partial charge in [0.1, 0.15) is 11.4 Å². The maximum absolute atomic E-state index is 12.9. The van der Waals surface area contributed by atoms with E-state index in [9.17, 15) is 9.59 Å². The van der Waals surface area contributed by atoms with Crippen LogP contribution < -0.4 is 5.56 Å². The molecule has 3 aromatic rings. The molecule has 0 bridgehead atoms. The van der Waals surface area contributed by atoms with Crippen molar-refractivity contribution >= 4 is 38.8 Å². The molecule has 1 saturated heterocycles. The van der Waals surface area contributed by atoms with Crippen molar-refractivity contribution in [3.8, 4) is 10.4 Å². The summed E-state index contributed by atoms with van der Waals surface area (Å²) in [5.41, 5.74) is 0.735. The fourth-order valence-corrected chi connectivity index (χ4v) is 4.70. The van der Waals surface area contributed by atoms with Gasteiger partial charge in [0.2, 0.25) is 5.91 Å². The van der Waals surface area contributed by atoms with Crippen LogP contribution in [0.25, 0.3) is 20.7 Å². The summed E-state index contributed by atoms with van der Waals surface area (Å²) in [6.07, 6.45) is 1.50. The van der Waals surface area contributed by atoms with Gasteiger partial charge in [-0.1, -0.05) is 6.07 Å². The molecule has 130 valence electrons. The summed E-state index contributed by atoms with van der Waals surface area (Å²) in [4.78, 5) is 33.3. The smallest absolute Gasteiger partial charge is 0.263 e. The Kier molecular flexibility index (Phi) is 4.41. The van der Waals surface area contributed by atoms with Gasteiger partial charge in [0.25, 0.3) is 5.56 Å². The molecule has 8 heteroatoms. The van der Waals surface area contributed by atoms with Gasteiger partial charge >= 0.3 is 0 Å². The van der Waals surface area contributed by atoms with Gasteiger partial charge in [0.15, 0.2) is 0 Å². The number of hydrogen-bond acceptors (Lipinski definition) is 6. The molecule has 1 fully saturated rings. The lowest BCUT2D eigenvalue weighted by Gasteiger charge is -2.31. The summed E-state index contributed by atoms with van der Waals surface area (Å²) >= 11 is 3.04. The second kappa shape index (κ2) is 6.70. The molecule has 0 unspecified atom stereocenters. The van der Waals surface area contributed by atoms with E-state index in [4.69, 9.17) is 4.74 Å². The lowest BCUT2D eigenvalue weighted by Crippen LogP contribution is -2.46. The minimum atomic E-state index is -0.163. The van der Waals surface area contributed by atoms with Crippen LogP contribution in [-0.4, -0.2) is 46.2 Å². The zero-order valence-electron chi connectivity index (χ0n) is 13.7. The first kappa shape index (κ1) is 16.4. The Morgan fingerprint density at radius 2 is 2.32 bits per heavy atom. The summed E-state index contributed by atoms with van der Waals surface area (Å²) in [7, 11) is 0. The molecule has 1 atom stereocenters. The van der Waals surface area contributed by atoms with Crippen molar-refractivity contribution in [2.24, 2.45) is 0 Å². The van der Waals surface area contributed by atoms with Gasteiger partial charge in [-0.2, -0.15) is 0 Å². The molecule has 1 aliphatic heterocycles. The van der Waals surface area contributed by atoms with Gasteiger partial charge in [-0.05, 0) is 18.4 Å². The molecule has 1 aliphatic rings. The number of hydrogen-bond donors (Lipinski definition) is 0. The maximum atomic E-state index is 12.9. The quantitative estimate of drug-likeness (QED) is 0.705. The second-order valence-corrected chi connectivity index (χ2v) is 7.81. The normalized spacial score (nSPS) is 18.0. The maximum Gasteiger partial charge on any atom is 0.263 e. The zero-order chi connectivity index (χ0) is 17.4. The Labute approximate surface area is 152 Å². The molecule has 0 aliphatic carbocycles. The Bertz CT molecular complexity index is 961. The van der Waals surface area contributed by atoms with E-state index >= 15 is 0 Å². The van der Waals surface area contributed by atoms with E-state index in [-0.39, 0.29) is 24.1 Å². The van der Waals surface area contributed by atoms with Crippen LogP contribution in [0.15, 0.2) is 34.0 Å². The first-order valence-corrected chi connectivity index (χ1v) is 9.79. The van der Waals surface area contributed by atoms with Crippen molar-refractivity contribution in [1.82, 2.24) is 14.5 Å². The third-order valence-electron chi connectivity index (χ3n) is 4.25. The van der Waals surface area contributed by atoms with Gasteiger partial charge in [-0.15, -0.1) is 22.7 Å². The average molecular weight is 375 g/mol. The van der Waals surface area contributed by atoms with Crippen LogP contribution in [0.5, 0.6) is 0 Å². The molecule has 4 heterocycles. The lowest BCUT2D eigenvalue weighted by molar-refractivity contribution is -0.138. The molecule has 0 saturated carbocycles. The Morgan fingerprint density at radius 1 is 1.44 bits per heavy atom. The van der Waals surface area contributed by atoms with E-state index in [0.29, 0.717) is 29.9 Å². The average Bonchev–Trinajstić information content (AvgIpc) is 3.26. The SMILES string of the molecule is C[C@H]1CN(C(=O)Cn2cnc3scc(-c4cccs4)c3c2=O)CCO1. The van der Waals surface area contributed by atoms with E-state index < -0.39 is 0 Å². The minimum absolute atomic E-state index is 0.00816. The minimum Gasteiger partial charge on any atom is -0.375 e. The summed E-state index contributed by atoms with van der Waals surface area (Å²) in [6, 6.07) is 3.95. The molecule has 1 amide bonds. The van der Waals surface area contributed by atoms with Crippen molar-refractivity contribution in [1.29, 1.82) is 0 Å². The van der Waals surface area contributed by atoms with Crippen LogP contribution in [-0.2, 0) is 16.1 Å². The number of nitrogens with zero attached hydrogens (tertiary/aromatic N) is 3. The van der Waals surface area contributed by atoms with Crippen LogP contribution in [0.4, 0.5) is 0 Å². The van der Waals surface area contributed by atoms with Gasteiger partial charge in [0.05, 0.1) is 24.4 Å². The van der Waals surface area contributed by atoms with Gasteiger partial charge in [-0.3, -0.25) is 14.2 Å².